The van der Waals surface area contributed by atoms with Crippen molar-refractivity contribution in [3.63, 3.8) is 0 Å². The number of amides is 2. The molecule has 2 rings (SSSR count). The number of rotatable bonds is 4. The maximum absolute atomic E-state index is 14.1. The van der Waals surface area contributed by atoms with Gasteiger partial charge in [-0.2, -0.15) is 26.3 Å². The molecule has 2 unspecified atom stereocenters. The Morgan fingerprint density at radius 3 is 2.11 bits per heavy atom. The van der Waals surface area contributed by atoms with E-state index < -0.39 is 41.8 Å². The molecule has 152 valence electrons. The summed E-state index contributed by atoms with van der Waals surface area (Å²) in [5.41, 5.74) is -1.34. The number of nitrogens with one attached hydrogen (secondary N) is 2. The average molecular weight is 409 g/mol. The number of hydrogen-bond acceptors (Lipinski definition) is 2. The zero-order valence-corrected chi connectivity index (χ0v) is 14.2. The molecular weight excluding hydrogens is 395 g/mol. The Bertz CT molecular complexity index is 819. The number of carbonyl (C=O) groups excluding carboxylic acids is 1. The molecule has 0 spiro atoms. The number of halogens is 7. The Labute approximate surface area is 154 Å². The molecule has 0 aliphatic rings. The number of carbonyl (C=O) groups is 1. The number of benzene rings is 1. The summed E-state index contributed by atoms with van der Waals surface area (Å²) in [6.45, 7) is 0.702. The fourth-order valence-electron chi connectivity index (χ4n) is 2.24. The highest BCUT2D eigenvalue weighted by atomic mass is 19.4. The molecule has 2 amide bonds. The van der Waals surface area contributed by atoms with E-state index in [1.54, 1.807) is 5.32 Å². The summed E-state index contributed by atoms with van der Waals surface area (Å²) in [7, 11) is 0. The van der Waals surface area contributed by atoms with E-state index in [-0.39, 0.29) is 11.3 Å². The summed E-state index contributed by atoms with van der Waals surface area (Å²) in [4.78, 5) is 15.7. The molecular formula is C17H14F7N3O. The highest BCUT2D eigenvalue weighted by Gasteiger charge is 2.37. The molecule has 0 aliphatic carbocycles. The standard InChI is InChI=1S/C17H14F7N3O/c1-9(16(19,20)21)26-15(28)27-13(14-12(18)3-2-8-25-14)10-4-6-11(7-5-10)17(22,23)24/h2-9,13H,1H3,(H2,26,27,28). The van der Waals surface area contributed by atoms with Gasteiger partial charge in [0, 0.05) is 6.20 Å². The molecule has 1 aromatic heterocycles. The highest BCUT2D eigenvalue weighted by Crippen LogP contribution is 2.31. The van der Waals surface area contributed by atoms with Crippen LogP contribution >= 0.6 is 0 Å². The van der Waals surface area contributed by atoms with Crippen molar-refractivity contribution in [3.05, 3.63) is 65.2 Å². The van der Waals surface area contributed by atoms with Crippen LogP contribution in [0.4, 0.5) is 35.5 Å². The number of urea groups is 1. The lowest BCUT2D eigenvalue weighted by Crippen LogP contribution is -2.48. The van der Waals surface area contributed by atoms with Gasteiger partial charge >= 0.3 is 18.4 Å². The quantitative estimate of drug-likeness (QED) is 0.727. The topological polar surface area (TPSA) is 54.0 Å². The zero-order chi connectivity index (χ0) is 21.1. The van der Waals surface area contributed by atoms with Gasteiger partial charge in [-0.1, -0.05) is 12.1 Å². The van der Waals surface area contributed by atoms with Crippen LogP contribution in [-0.2, 0) is 6.18 Å². The minimum absolute atomic E-state index is 0.000381. The lowest BCUT2D eigenvalue weighted by Gasteiger charge is -2.23. The Kier molecular flexibility index (Phi) is 6.15. The first kappa shape index (κ1) is 21.5. The van der Waals surface area contributed by atoms with E-state index in [9.17, 15) is 35.5 Å². The summed E-state index contributed by atoms with van der Waals surface area (Å²) in [5.74, 6) is -0.892. The third-order valence-corrected chi connectivity index (χ3v) is 3.75. The summed E-state index contributed by atoms with van der Waals surface area (Å²) >= 11 is 0. The Hall–Kier alpha value is -2.85. The summed E-state index contributed by atoms with van der Waals surface area (Å²) < 4.78 is 90.0. The van der Waals surface area contributed by atoms with Gasteiger partial charge in [0.25, 0.3) is 0 Å². The van der Waals surface area contributed by atoms with Crippen molar-refractivity contribution < 1.29 is 35.5 Å². The SMILES string of the molecule is CC(NC(=O)NC(c1ccc(C(F)(F)F)cc1)c1ncccc1F)C(F)(F)F. The third kappa shape index (κ3) is 5.33. The second-order valence-electron chi connectivity index (χ2n) is 5.80. The lowest BCUT2D eigenvalue weighted by molar-refractivity contribution is -0.148. The van der Waals surface area contributed by atoms with Crippen molar-refractivity contribution in [1.82, 2.24) is 15.6 Å². The second kappa shape index (κ2) is 8.03. The van der Waals surface area contributed by atoms with Crippen molar-refractivity contribution in [2.75, 3.05) is 0 Å². The average Bonchev–Trinajstić information content (AvgIpc) is 2.59. The molecule has 0 aliphatic heterocycles. The molecule has 11 heteroatoms. The van der Waals surface area contributed by atoms with Crippen LogP contribution in [0.1, 0.15) is 29.8 Å². The van der Waals surface area contributed by atoms with E-state index in [4.69, 9.17) is 0 Å². The van der Waals surface area contributed by atoms with E-state index in [1.807, 2.05) is 0 Å². The maximum atomic E-state index is 14.1. The fraction of sp³-hybridized carbons (Fsp3) is 0.294. The summed E-state index contributed by atoms with van der Waals surface area (Å²) in [6, 6.07) is 0.719. The molecule has 0 saturated carbocycles. The number of pyridine rings is 1. The van der Waals surface area contributed by atoms with E-state index in [0.717, 1.165) is 18.2 Å². The first-order chi connectivity index (χ1) is 12.9. The Balaban J connectivity index is 2.33. The predicted octanol–water partition coefficient (Wildman–Crippen LogP) is 4.58. The van der Waals surface area contributed by atoms with Crippen LogP contribution < -0.4 is 10.6 Å². The summed E-state index contributed by atoms with van der Waals surface area (Å²) in [6.07, 6.45) is -8.15. The van der Waals surface area contributed by atoms with Crippen molar-refractivity contribution in [2.24, 2.45) is 0 Å². The predicted molar refractivity (Wildman–Crippen MR) is 84.7 cm³/mol. The van der Waals surface area contributed by atoms with Crippen LogP contribution in [0, 0.1) is 5.82 Å². The minimum Gasteiger partial charge on any atom is -0.327 e. The number of alkyl halides is 6. The number of nitrogens with zero attached hydrogens (tertiary/aromatic N) is 1. The second-order valence-corrected chi connectivity index (χ2v) is 5.80. The highest BCUT2D eigenvalue weighted by molar-refractivity contribution is 5.75. The molecule has 0 radical (unpaired) electrons. The van der Waals surface area contributed by atoms with Crippen LogP contribution in [0.25, 0.3) is 0 Å². The van der Waals surface area contributed by atoms with Crippen LogP contribution in [0.3, 0.4) is 0 Å². The van der Waals surface area contributed by atoms with Crippen molar-refractivity contribution >= 4 is 6.03 Å². The monoisotopic (exact) mass is 409 g/mol. The van der Waals surface area contributed by atoms with Gasteiger partial charge in [0.2, 0.25) is 0 Å². The van der Waals surface area contributed by atoms with Gasteiger partial charge in [-0.3, -0.25) is 4.98 Å². The Morgan fingerprint density at radius 1 is 1.00 bits per heavy atom. The molecule has 2 atom stereocenters. The molecule has 0 saturated heterocycles. The molecule has 2 aromatic rings. The minimum atomic E-state index is -4.71. The van der Waals surface area contributed by atoms with Crippen LogP contribution in [0.5, 0.6) is 0 Å². The van der Waals surface area contributed by atoms with Crippen LogP contribution in [0.2, 0.25) is 0 Å². The van der Waals surface area contributed by atoms with Gasteiger partial charge in [-0.05, 0) is 36.8 Å². The largest absolute Gasteiger partial charge is 0.416 e. The third-order valence-electron chi connectivity index (χ3n) is 3.75. The van der Waals surface area contributed by atoms with E-state index in [1.165, 1.54) is 12.3 Å². The molecule has 28 heavy (non-hydrogen) atoms. The van der Waals surface area contributed by atoms with Gasteiger partial charge in [0.1, 0.15) is 23.6 Å². The van der Waals surface area contributed by atoms with Gasteiger partial charge in [-0.15, -0.1) is 0 Å². The van der Waals surface area contributed by atoms with Gasteiger partial charge in [-0.25, -0.2) is 9.18 Å². The Morgan fingerprint density at radius 2 is 1.61 bits per heavy atom. The van der Waals surface area contributed by atoms with E-state index in [0.29, 0.717) is 19.1 Å². The van der Waals surface area contributed by atoms with Gasteiger partial charge < -0.3 is 10.6 Å². The first-order valence-corrected chi connectivity index (χ1v) is 7.81. The van der Waals surface area contributed by atoms with E-state index >= 15 is 0 Å². The van der Waals surface area contributed by atoms with Crippen molar-refractivity contribution in [3.8, 4) is 0 Å². The molecule has 0 bridgehead atoms. The van der Waals surface area contributed by atoms with Gasteiger partial charge in [0.15, 0.2) is 0 Å². The fourth-order valence-corrected chi connectivity index (χ4v) is 2.24. The maximum Gasteiger partial charge on any atom is 0.416 e. The van der Waals surface area contributed by atoms with Crippen molar-refractivity contribution in [2.45, 2.75) is 31.4 Å². The van der Waals surface area contributed by atoms with E-state index in [2.05, 4.69) is 10.3 Å². The number of aromatic nitrogens is 1. The molecule has 2 N–H and O–H groups in total. The molecule has 0 fully saturated rings. The van der Waals surface area contributed by atoms with Crippen molar-refractivity contribution in [1.29, 1.82) is 0 Å². The molecule has 1 aromatic carbocycles. The van der Waals surface area contributed by atoms with Gasteiger partial charge in [0.05, 0.1) is 5.56 Å². The van der Waals surface area contributed by atoms with Crippen LogP contribution in [0.15, 0.2) is 42.6 Å². The smallest absolute Gasteiger partial charge is 0.327 e. The zero-order valence-electron chi connectivity index (χ0n) is 14.2. The number of hydrogen-bond donors (Lipinski definition) is 2. The molecule has 1 heterocycles. The first-order valence-electron chi connectivity index (χ1n) is 7.81. The lowest BCUT2D eigenvalue weighted by atomic mass is 10.0. The summed E-state index contributed by atoms with van der Waals surface area (Å²) in [5, 5.41) is 3.76. The van der Waals surface area contributed by atoms with Crippen LogP contribution in [-0.4, -0.2) is 23.2 Å². The molecule has 4 nitrogen and oxygen atoms in total. The normalized spacial score (nSPS) is 14.3.